The van der Waals surface area contributed by atoms with Crippen molar-refractivity contribution >= 4 is 17.4 Å². The van der Waals surface area contributed by atoms with Gasteiger partial charge in [0.15, 0.2) is 0 Å². The third-order valence-corrected chi connectivity index (χ3v) is 5.49. The number of urea groups is 1. The van der Waals surface area contributed by atoms with Crippen molar-refractivity contribution in [3.05, 3.63) is 87.6 Å². The normalized spacial score (nSPS) is 11.6. The van der Waals surface area contributed by atoms with Gasteiger partial charge in [0.1, 0.15) is 11.9 Å². The van der Waals surface area contributed by atoms with E-state index in [4.69, 9.17) is 4.74 Å². The Morgan fingerprint density at radius 1 is 1.04 bits per heavy atom. The van der Waals surface area contributed by atoms with Crippen molar-refractivity contribution in [3.63, 3.8) is 0 Å². The number of rotatable bonds is 8. The van der Waals surface area contributed by atoms with E-state index in [1.54, 1.807) is 7.11 Å². The highest BCUT2D eigenvalue weighted by Crippen LogP contribution is 2.28. The number of benzene rings is 2. The molecule has 0 radical (unpaired) electrons. The molecule has 28 heavy (non-hydrogen) atoms. The van der Waals surface area contributed by atoms with E-state index in [1.807, 2.05) is 66.7 Å². The van der Waals surface area contributed by atoms with Crippen LogP contribution in [-0.2, 0) is 13.0 Å². The second-order valence-electron chi connectivity index (χ2n) is 6.32. The summed E-state index contributed by atoms with van der Waals surface area (Å²) in [5.41, 5.74) is 2.00. The zero-order valence-electron chi connectivity index (χ0n) is 15.7. The van der Waals surface area contributed by atoms with Crippen LogP contribution in [0.5, 0.6) is 5.75 Å². The van der Waals surface area contributed by atoms with E-state index in [2.05, 4.69) is 10.6 Å². The highest BCUT2D eigenvalue weighted by atomic mass is 32.1. The van der Waals surface area contributed by atoms with Gasteiger partial charge in [-0.05, 0) is 41.8 Å². The Hall–Kier alpha value is -2.83. The number of hydrogen-bond donors (Lipinski definition) is 3. The number of hydrogen-bond acceptors (Lipinski definition) is 4. The van der Waals surface area contributed by atoms with Gasteiger partial charge >= 0.3 is 6.03 Å². The van der Waals surface area contributed by atoms with Crippen LogP contribution in [0.25, 0.3) is 0 Å². The lowest BCUT2D eigenvalue weighted by atomic mass is 10.1. The summed E-state index contributed by atoms with van der Waals surface area (Å²) in [5, 5.41) is 16.2. The monoisotopic (exact) mass is 396 g/mol. The van der Waals surface area contributed by atoms with Crippen LogP contribution in [0.1, 0.15) is 27.0 Å². The molecule has 0 unspecified atom stereocenters. The molecule has 0 aliphatic carbocycles. The summed E-state index contributed by atoms with van der Waals surface area (Å²) < 4.78 is 5.13. The lowest BCUT2D eigenvalue weighted by Crippen LogP contribution is -2.36. The Morgan fingerprint density at radius 3 is 2.50 bits per heavy atom. The van der Waals surface area contributed by atoms with Crippen LogP contribution in [0.4, 0.5) is 4.79 Å². The molecule has 3 rings (SSSR count). The molecule has 0 saturated carbocycles. The molecule has 5 nitrogen and oxygen atoms in total. The Morgan fingerprint density at radius 2 is 1.79 bits per heavy atom. The maximum absolute atomic E-state index is 12.0. The van der Waals surface area contributed by atoms with E-state index < -0.39 is 6.10 Å². The van der Waals surface area contributed by atoms with Crippen LogP contribution >= 0.6 is 11.3 Å². The summed E-state index contributed by atoms with van der Waals surface area (Å²) in [7, 11) is 1.64. The van der Waals surface area contributed by atoms with Crippen molar-refractivity contribution in [3.8, 4) is 5.75 Å². The number of aliphatic hydroxyl groups excluding tert-OH is 1. The van der Waals surface area contributed by atoms with Crippen LogP contribution in [0.15, 0.2) is 66.7 Å². The number of methoxy groups -OCH3 is 1. The summed E-state index contributed by atoms with van der Waals surface area (Å²) in [5.74, 6) is 0.821. The van der Waals surface area contributed by atoms with E-state index in [0.717, 1.165) is 33.1 Å². The molecule has 1 heterocycles. The average Bonchev–Trinajstić information content (AvgIpc) is 3.22. The molecule has 0 aliphatic rings. The first-order valence-corrected chi connectivity index (χ1v) is 9.93. The summed E-state index contributed by atoms with van der Waals surface area (Å²) in [4.78, 5) is 13.8. The molecule has 0 fully saturated rings. The van der Waals surface area contributed by atoms with Gasteiger partial charge in [-0.15, -0.1) is 11.3 Å². The highest BCUT2D eigenvalue weighted by Gasteiger charge is 2.13. The molecule has 0 aliphatic heterocycles. The molecule has 2 amide bonds. The van der Waals surface area contributed by atoms with Gasteiger partial charge in [-0.25, -0.2) is 4.79 Å². The van der Waals surface area contributed by atoms with E-state index in [0.29, 0.717) is 13.1 Å². The lowest BCUT2D eigenvalue weighted by Gasteiger charge is -2.09. The summed E-state index contributed by atoms with van der Waals surface area (Å²) >= 11 is 1.50. The van der Waals surface area contributed by atoms with Gasteiger partial charge in [-0.1, -0.05) is 42.5 Å². The first-order valence-electron chi connectivity index (χ1n) is 9.12. The number of aliphatic hydroxyl groups is 1. The molecular weight excluding hydrogens is 372 g/mol. The number of nitrogens with one attached hydrogen (secondary N) is 2. The van der Waals surface area contributed by atoms with Gasteiger partial charge in [0.25, 0.3) is 0 Å². The van der Waals surface area contributed by atoms with E-state index in [-0.39, 0.29) is 6.03 Å². The third-order valence-electron chi connectivity index (χ3n) is 4.35. The summed E-state index contributed by atoms with van der Waals surface area (Å²) in [6, 6.07) is 21.0. The topological polar surface area (TPSA) is 70.6 Å². The van der Waals surface area contributed by atoms with Crippen molar-refractivity contribution in [2.75, 3.05) is 13.7 Å². The van der Waals surface area contributed by atoms with Crippen LogP contribution < -0.4 is 15.4 Å². The predicted molar refractivity (Wildman–Crippen MR) is 112 cm³/mol. The molecule has 2 aromatic carbocycles. The van der Waals surface area contributed by atoms with E-state index in [1.165, 1.54) is 11.3 Å². The standard InChI is InChI=1S/C22H24N2O3S/c1-27-18-9-7-16(8-10-18)13-14-23-22(26)24-15-19-11-12-20(28-19)21(25)17-5-3-2-4-6-17/h2-12,21,25H,13-15H2,1H3,(H2,23,24,26)/t21-/m0/s1. The van der Waals surface area contributed by atoms with E-state index in [9.17, 15) is 9.90 Å². The largest absolute Gasteiger partial charge is 0.497 e. The zero-order valence-corrected chi connectivity index (χ0v) is 16.5. The second-order valence-corrected chi connectivity index (χ2v) is 7.52. The van der Waals surface area contributed by atoms with Crippen molar-refractivity contribution < 1.29 is 14.6 Å². The Balaban J connectivity index is 1.41. The molecule has 1 aromatic heterocycles. The van der Waals surface area contributed by atoms with Crippen molar-refractivity contribution in [2.24, 2.45) is 0 Å². The molecule has 146 valence electrons. The minimum absolute atomic E-state index is 0.202. The third kappa shape index (κ3) is 5.58. The van der Waals surface area contributed by atoms with Crippen molar-refractivity contribution in [2.45, 2.75) is 19.1 Å². The van der Waals surface area contributed by atoms with Crippen LogP contribution in [0, 0.1) is 0 Å². The maximum atomic E-state index is 12.0. The lowest BCUT2D eigenvalue weighted by molar-refractivity contribution is 0.224. The molecule has 0 bridgehead atoms. The fourth-order valence-electron chi connectivity index (χ4n) is 2.78. The number of carbonyl (C=O) groups excluding carboxylic acids is 1. The number of amides is 2. The minimum Gasteiger partial charge on any atom is -0.497 e. The molecule has 3 aromatic rings. The average molecular weight is 397 g/mol. The smallest absolute Gasteiger partial charge is 0.315 e. The fourth-order valence-corrected chi connectivity index (χ4v) is 3.75. The second kappa shape index (κ2) is 9.92. The SMILES string of the molecule is COc1ccc(CCNC(=O)NCc2ccc([C@@H](O)c3ccccc3)s2)cc1. The molecule has 0 spiro atoms. The van der Waals surface area contributed by atoms with Crippen LogP contribution in [0.2, 0.25) is 0 Å². The fraction of sp³-hybridized carbons (Fsp3) is 0.227. The van der Waals surface area contributed by atoms with E-state index >= 15 is 0 Å². The maximum Gasteiger partial charge on any atom is 0.315 e. The quantitative estimate of drug-likeness (QED) is 0.541. The Kier molecular flexibility index (Phi) is 7.06. The van der Waals surface area contributed by atoms with Crippen LogP contribution in [-0.4, -0.2) is 24.8 Å². The first kappa shape index (κ1) is 19.9. The van der Waals surface area contributed by atoms with Gasteiger partial charge in [0.2, 0.25) is 0 Å². The number of carbonyl (C=O) groups is 1. The highest BCUT2D eigenvalue weighted by molar-refractivity contribution is 7.12. The summed E-state index contributed by atoms with van der Waals surface area (Å²) in [6.45, 7) is 0.987. The molecule has 6 heteroatoms. The zero-order chi connectivity index (χ0) is 19.8. The Bertz CT molecular complexity index is 878. The first-order chi connectivity index (χ1) is 13.7. The summed E-state index contributed by atoms with van der Waals surface area (Å²) in [6.07, 6.45) is 0.113. The minimum atomic E-state index is -0.640. The Labute approximate surface area is 169 Å². The van der Waals surface area contributed by atoms with Gasteiger partial charge in [0, 0.05) is 16.3 Å². The van der Waals surface area contributed by atoms with Crippen molar-refractivity contribution in [1.29, 1.82) is 0 Å². The number of ether oxygens (including phenoxy) is 1. The van der Waals surface area contributed by atoms with Gasteiger partial charge < -0.3 is 20.5 Å². The van der Waals surface area contributed by atoms with Crippen molar-refractivity contribution in [1.82, 2.24) is 10.6 Å². The molecule has 0 saturated heterocycles. The predicted octanol–water partition coefficient (Wildman–Crippen LogP) is 3.88. The van der Waals surface area contributed by atoms with Gasteiger partial charge in [-0.2, -0.15) is 0 Å². The molecular formula is C22H24N2O3S. The number of thiophene rings is 1. The molecule has 3 N–H and O–H groups in total. The van der Waals surface area contributed by atoms with Crippen LogP contribution in [0.3, 0.4) is 0 Å². The van der Waals surface area contributed by atoms with Gasteiger partial charge in [-0.3, -0.25) is 0 Å². The molecule has 1 atom stereocenters. The van der Waals surface area contributed by atoms with Gasteiger partial charge in [0.05, 0.1) is 13.7 Å².